The monoisotopic (exact) mass is 140 g/mol. The number of nitrogens with zero attached hydrogens (tertiary/aromatic N) is 1. The van der Waals surface area contributed by atoms with Crippen molar-refractivity contribution >= 4 is 5.71 Å². The van der Waals surface area contributed by atoms with E-state index in [9.17, 15) is 0 Å². The minimum atomic E-state index is 0.441. The van der Waals surface area contributed by atoms with E-state index in [2.05, 4.69) is 38.0 Å². The fourth-order valence-electron chi connectivity index (χ4n) is 1.20. The summed E-state index contributed by atoms with van der Waals surface area (Å²) in [7, 11) is 0. The van der Waals surface area contributed by atoms with Gasteiger partial charge in [0, 0.05) is 17.8 Å². The van der Waals surface area contributed by atoms with Gasteiger partial charge in [0.1, 0.15) is 0 Å². The van der Waals surface area contributed by atoms with Crippen LogP contribution in [0.3, 0.4) is 0 Å². The summed E-state index contributed by atoms with van der Waals surface area (Å²) in [5.41, 5.74) is 1.23. The van der Waals surface area contributed by atoms with Crippen LogP contribution in [0.4, 0.5) is 0 Å². The first-order valence-electron chi connectivity index (χ1n) is 3.91. The van der Waals surface area contributed by atoms with Crippen LogP contribution in [0, 0.1) is 0 Å². The first-order valence-corrected chi connectivity index (χ1v) is 3.91. The molecule has 1 heterocycles. The van der Waals surface area contributed by atoms with Crippen LogP contribution in [0.2, 0.25) is 0 Å². The molecule has 0 bridgehead atoms. The summed E-state index contributed by atoms with van der Waals surface area (Å²) in [6.07, 6.45) is 0. The molecule has 2 nitrogen and oxygen atoms in total. The Balaban J connectivity index is 2.69. The zero-order valence-corrected chi connectivity index (χ0v) is 7.18. The quantitative estimate of drug-likeness (QED) is 0.537. The van der Waals surface area contributed by atoms with Gasteiger partial charge in [-0.05, 0) is 27.7 Å². The Hall–Kier alpha value is -0.370. The van der Waals surface area contributed by atoms with Crippen molar-refractivity contribution in [2.45, 2.75) is 45.8 Å². The normalized spacial score (nSPS) is 41.2. The van der Waals surface area contributed by atoms with Crippen LogP contribution in [0.15, 0.2) is 4.99 Å². The lowest BCUT2D eigenvalue weighted by Crippen LogP contribution is -2.48. The highest BCUT2D eigenvalue weighted by atomic mass is 15.1. The fraction of sp³-hybridized carbons (Fsp3) is 0.875. The molecule has 0 spiro atoms. The molecule has 0 fully saturated rings. The maximum Gasteiger partial charge on any atom is 0.0621 e. The van der Waals surface area contributed by atoms with E-state index >= 15 is 0 Å². The summed E-state index contributed by atoms with van der Waals surface area (Å²) in [5.74, 6) is 0. The predicted octanol–water partition coefficient (Wildman–Crippen LogP) is 1.22. The Kier molecular flexibility index (Phi) is 2.09. The SMILES string of the molecule is CC1=NC(C)C(C)NC1C. The second-order valence-corrected chi connectivity index (χ2v) is 3.19. The lowest BCUT2D eigenvalue weighted by Gasteiger charge is -2.29. The largest absolute Gasteiger partial charge is 0.304 e. The first-order chi connectivity index (χ1) is 4.61. The summed E-state index contributed by atoms with van der Waals surface area (Å²) in [6.45, 7) is 8.56. The van der Waals surface area contributed by atoms with E-state index in [-0.39, 0.29) is 0 Å². The Morgan fingerprint density at radius 2 is 1.90 bits per heavy atom. The van der Waals surface area contributed by atoms with Crippen LogP contribution in [0.5, 0.6) is 0 Å². The Labute approximate surface area is 62.7 Å². The molecule has 2 heteroatoms. The van der Waals surface area contributed by atoms with Crippen LogP contribution in [-0.2, 0) is 0 Å². The molecular weight excluding hydrogens is 124 g/mol. The standard InChI is InChI=1S/C8H16N2/c1-5-6(2)10-8(4)7(3)9-5/h5-7,9H,1-4H3. The number of hydrogen-bond donors (Lipinski definition) is 1. The van der Waals surface area contributed by atoms with Crippen molar-refractivity contribution in [2.24, 2.45) is 4.99 Å². The number of nitrogens with one attached hydrogen (secondary N) is 1. The molecule has 1 aliphatic heterocycles. The van der Waals surface area contributed by atoms with Crippen LogP contribution >= 0.6 is 0 Å². The molecule has 1 N–H and O–H groups in total. The maximum atomic E-state index is 4.50. The molecule has 0 aromatic carbocycles. The van der Waals surface area contributed by atoms with E-state index < -0.39 is 0 Å². The Morgan fingerprint density at radius 1 is 1.30 bits per heavy atom. The summed E-state index contributed by atoms with van der Waals surface area (Å²) in [4.78, 5) is 4.50. The lowest BCUT2D eigenvalue weighted by molar-refractivity contribution is 0.442. The molecule has 0 radical (unpaired) electrons. The van der Waals surface area contributed by atoms with Crippen molar-refractivity contribution in [1.29, 1.82) is 0 Å². The van der Waals surface area contributed by atoms with Gasteiger partial charge in [-0.25, -0.2) is 0 Å². The van der Waals surface area contributed by atoms with Gasteiger partial charge in [-0.15, -0.1) is 0 Å². The van der Waals surface area contributed by atoms with Crippen molar-refractivity contribution in [3.8, 4) is 0 Å². The fourth-order valence-corrected chi connectivity index (χ4v) is 1.20. The third-order valence-corrected chi connectivity index (χ3v) is 2.27. The van der Waals surface area contributed by atoms with Gasteiger partial charge in [0.15, 0.2) is 0 Å². The minimum Gasteiger partial charge on any atom is -0.304 e. The highest BCUT2D eigenvalue weighted by Crippen LogP contribution is 2.07. The average molecular weight is 140 g/mol. The van der Waals surface area contributed by atoms with E-state index in [0.717, 1.165) is 0 Å². The summed E-state index contributed by atoms with van der Waals surface area (Å²) >= 11 is 0. The smallest absolute Gasteiger partial charge is 0.0621 e. The summed E-state index contributed by atoms with van der Waals surface area (Å²) in [6, 6.07) is 1.43. The highest BCUT2D eigenvalue weighted by Gasteiger charge is 2.20. The van der Waals surface area contributed by atoms with Crippen molar-refractivity contribution in [1.82, 2.24) is 5.32 Å². The highest BCUT2D eigenvalue weighted by molar-refractivity contribution is 5.87. The van der Waals surface area contributed by atoms with Crippen molar-refractivity contribution in [3.05, 3.63) is 0 Å². The molecule has 58 valence electrons. The second-order valence-electron chi connectivity index (χ2n) is 3.19. The van der Waals surface area contributed by atoms with Crippen LogP contribution in [0.25, 0.3) is 0 Å². The number of aliphatic imine (C=N–C) groups is 1. The Bertz CT molecular complexity index is 151. The molecule has 0 aromatic rings. The molecule has 10 heavy (non-hydrogen) atoms. The molecule has 0 saturated carbocycles. The van der Waals surface area contributed by atoms with E-state index in [0.29, 0.717) is 18.1 Å². The van der Waals surface area contributed by atoms with Gasteiger partial charge in [-0.3, -0.25) is 4.99 Å². The molecule has 3 atom stereocenters. The zero-order chi connectivity index (χ0) is 7.72. The molecular formula is C8H16N2. The minimum absolute atomic E-state index is 0.441. The van der Waals surface area contributed by atoms with E-state index in [4.69, 9.17) is 0 Å². The molecule has 0 aromatic heterocycles. The van der Waals surface area contributed by atoms with Crippen LogP contribution in [0.1, 0.15) is 27.7 Å². The maximum absolute atomic E-state index is 4.50. The number of hydrogen-bond acceptors (Lipinski definition) is 2. The van der Waals surface area contributed by atoms with Crippen LogP contribution in [-0.4, -0.2) is 23.8 Å². The third-order valence-electron chi connectivity index (χ3n) is 2.27. The molecule has 1 rings (SSSR count). The van der Waals surface area contributed by atoms with Gasteiger partial charge in [0.2, 0.25) is 0 Å². The molecule has 0 saturated heterocycles. The van der Waals surface area contributed by atoms with Crippen LogP contribution < -0.4 is 5.32 Å². The van der Waals surface area contributed by atoms with Crippen molar-refractivity contribution in [3.63, 3.8) is 0 Å². The van der Waals surface area contributed by atoms with Gasteiger partial charge < -0.3 is 5.32 Å². The lowest BCUT2D eigenvalue weighted by atomic mass is 10.1. The average Bonchev–Trinajstić information content (AvgIpc) is 1.84. The van der Waals surface area contributed by atoms with Gasteiger partial charge >= 0.3 is 0 Å². The van der Waals surface area contributed by atoms with Gasteiger partial charge in [-0.1, -0.05) is 0 Å². The van der Waals surface area contributed by atoms with E-state index in [1.807, 2.05) is 0 Å². The Morgan fingerprint density at radius 3 is 2.40 bits per heavy atom. The van der Waals surface area contributed by atoms with Gasteiger partial charge in [-0.2, -0.15) is 0 Å². The second kappa shape index (κ2) is 2.70. The van der Waals surface area contributed by atoms with E-state index in [1.165, 1.54) is 5.71 Å². The van der Waals surface area contributed by atoms with Crippen molar-refractivity contribution in [2.75, 3.05) is 0 Å². The number of rotatable bonds is 0. The topological polar surface area (TPSA) is 24.4 Å². The van der Waals surface area contributed by atoms with Gasteiger partial charge in [0.05, 0.1) is 6.04 Å². The molecule has 0 amide bonds. The van der Waals surface area contributed by atoms with Crippen molar-refractivity contribution < 1.29 is 0 Å². The molecule has 3 unspecified atom stereocenters. The third kappa shape index (κ3) is 1.37. The summed E-state index contributed by atoms with van der Waals surface area (Å²) < 4.78 is 0. The first kappa shape index (κ1) is 7.73. The molecule has 1 aliphatic rings. The molecule has 0 aliphatic carbocycles. The zero-order valence-electron chi connectivity index (χ0n) is 7.18. The van der Waals surface area contributed by atoms with Gasteiger partial charge in [0.25, 0.3) is 0 Å². The predicted molar refractivity (Wildman–Crippen MR) is 44.6 cm³/mol. The van der Waals surface area contributed by atoms with E-state index in [1.54, 1.807) is 0 Å². The summed E-state index contributed by atoms with van der Waals surface area (Å²) in [5, 5.41) is 3.45.